The average Bonchev–Trinajstić information content (AvgIpc) is 2.32. The van der Waals surface area contributed by atoms with Crippen molar-refractivity contribution in [3.05, 3.63) is 11.1 Å². The van der Waals surface area contributed by atoms with Crippen LogP contribution in [0.2, 0.25) is 0 Å². The average molecular weight is 298 g/mol. The smallest absolute Gasteiger partial charge is 0.334 e. The summed E-state index contributed by atoms with van der Waals surface area (Å²) in [5.41, 5.74) is 0.799. The van der Waals surface area contributed by atoms with Crippen LogP contribution in [0, 0.1) is 11.3 Å². The molecule has 21 heavy (non-hydrogen) atoms. The van der Waals surface area contributed by atoms with Crippen LogP contribution in [-0.4, -0.2) is 25.2 Å². The molecule has 4 heteroatoms. The van der Waals surface area contributed by atoms with Crippen molar-refractivity contribution in [2.45, 2.75) is 61.3 Å². The molecule has 0 radical (unpaired) electrons. The maximum atomic E-state index is 12.3. The molecule has 122 valence electrons. The van der Waals surface area contributed by atoms with Gasteiger partial charge in [0, 0.05) is 11.1 Å². The molecule has 0 amide bonds. The second-order valence-electron chi connectivity index (χ2n) is 6.73. The topological polar surface area (TPSA) is 52.6 Å². The first-order valence-corrected chi connectivity index (χ1v) is 7.68. The molecule has 0 spiro atoms. The molecule has 0 heterocycles. The van der Waals surface area contributed by atoms with Gasteiger partial charge in [-0.3, -0.25) is 0 Å². The van der Waals surface area contributed by atoms with Crippen LogP contribution in [0.5, 0.6) is 0 Å². The van der Waals surface area contributed by atoms with E-state index in [0.29, 0.717) is 37.2 Å². The van der Waals surface area contributed by atoms with E-state index >= 15 is 0 Å². The van der Waals surface area contributed by atoms with E-state index in [1.54, 1.807) is 13.8 Å². The first-order valence-electron chi connectivity index (χ1n) is 7.68. The van der Waals surface area contributed by atoms with Crippen molar-refractivity contribution in [2.24, 2.45) is 11.3 Å². The number of carbonyl (C=O) groups excluding carboxylic acids is 2. The summed E-state index contributed by atoms with van der Waals surface area (Å²) in [7, 11) is 0. The number of hydrogen-bond acceptors (Lipinski definition) is 4. The van der Waals surface area contributed by atoms with Crippen LogP contribution < -0.4 is 0 Å². The van der Waals surface area contributed by atoms with Crippen LogP contribution in [0.1, 0.15) is 61.3 Å². The van der Waals surface area contributed by atoms with E-state index in [1.807, 2.05) is 34.6 Å². The highest BCUT2D eigenvalue weighted by Crippen LogP contribution is 2.29. The molecule has 0 aromatic carbocycles. The molecule has 0 aliphatic carbocycles. The van der Waals surface area contributed by atoms with E-state index < -0.39 is 11.9 Å². The Labute approximate surface area is 128 Å². The molecule has 0 bridgehead atoms. The molecule has 0 unspecified atom stereocenters. The zero-order valence-electron chi connectivity index (χ0n) is 14.5. The standard InChI is InChI=1S/C17H30O4/c1-8-20-15(18)13(10-12(3)4)14(11-17(5,6)7)16(19)21-9-2/h12H,8-11H2,1-7H3/b14-13-. The van der Waals surface area contributed by atoms with Crippen molar-refractivity contribution in [3.8, 4) is 0 Å². The fraction of sp³-hybridized carbons (Fsp3) is 0.765. The predicted molar refractivity (Wildman–Crippen MR) is 83.8 cm³/mol. The van der Waals surface area contributed by atoms with Gasteiger partial charge in [0.2, 0.25) is 0 Å². The van der Waals surface area contributed by atoms with Gasteiger partial charge in [-0.2, -0.15) is 0 Å². The van der Waals surface area contributed by atoms with Crippen molar-refractivity contribution < 1.29 is 19.1 Å². The quantitative estimate of drug-likeness (QED) is 0.528. The molecule has 0 saturated carbocycles. The lowest BCUT2D eigenvalue weighted by molar-refractivity contribution is -0.142. The minimum Gasteiger partial charge on any atom is -0.463 e. The van der Waals surface area contributed by atoms with Gasteiger partial charge in [-0.1, -0.05) is 34.6 Å². The van der Waals surface area contributed by atoms with E-state index in [1.165, 1.54) is 0 Å². The molecule has 4 nitrogen and oxygen atoms in total. The van der Waals surface area contributed by atoms with E-state index in [9.17, 15) is 9.59 Å². The Hall–Kier alpha value is -1.32. The highest BCUT2D eigenvalue weighted by Gasteiger charge is 2.27. The van der Waals surface area contributed by atoms with Crippen molar-refractivity contribution in [3.63, 3.8) is 0 Å². The number of hydrogen-bond donors (Lipinski definition) is 0. The van der Waals surface area contributed by atoms with Gasteiger partial charge >= 0.3 is 11.9 Å². The van der Waals surface area contributed by atoms with Crippen LogP contribution >= 0.6 is 0 Å². The summed E-state index contributed by atoms with van der Waals surface area (Å²) in [6.07, 6.45) is 1.01. The minimum atomic E-state index is -0.406. The van der Waals surface area contributed by atoms with Gasteiger partial charge in [-0.15, -0.1) is 0 Å². The van der Waals surface area contributed by atoms with Gasteiger partial charge in [0.1, 0.15) is 0 Å². The summed E-state index contributed by atoms with van der Waals surface area (Å²) < 4.78 is 10.3. The van der Waals surface area contributed by atoms with Gasteiger partial charge in [-0.05, 0) is 38.0 Å². The SMILES string of the molecule is CCOC(=O)/C(CC(C)C)=C(/CC(C)(C)C)C(=O)OCC. The third-order valence-electron chi connectivity index (χ3n) is 2.73. The third-order valence-corrected chi connectivity index (χ3v) is 2.73. The fourth-order valence-corrected chi connectivity index (χ4v) is 2.01. The zero-order chi connectivity index (χ0) is 16.6. The Morgan fingerprint density at radius 3 is 1.67 bits per heavy atom. The van der Waals surface area contributed by atoms with E-state index in [-0.39, 0.29) is 11.3 Å². The Morgan fingerprint density at radius 2 is 1.33 bits per heavy atom. The van der Waals surface area contributed by atoms with E-state index in [2.05, 4.69) is 0 Å². The van der Waals surface area contributed by atoms with Crippen molar-refractivity contribution >= 4 is 11.9 Å². The van der Waals surface area contributed by atoms with Crippen LogP contribution in [0.3, 0.4) is 0 Å². The third kappa shape index (κ3) is 7.88. The lowest BCUT2D eigenvalue weighted by Crippen LogP contribution is -2.21. The molecule has 0 aliphatic rings. The molecular formula is C17H30O4. The molecular weight excluding hydrogens is 268 g/mol. The van der Waals surface area contributed by atoms with Crippen LogP contribution in [0.25, 0.3) is 0 Å². The minimum absolute atomic E-state index is 0.114. The second-order valence-corrected chi connectivity index (χ2v) is 6.73. The maximum Gasteiger partial charge on any atom is 0.334 e. The summed E-state index contributed by atoms with van der Waals surface area (Å²) in [6.45, 7) is 14.2. The second kappa shape index (κ2) is 8.85. The normalized spacial score (nSPS) is 13.0. The van der Waals surface area contributed by atoms with Gasteiger partial charge in [0.05, 0.1) is 13.2 Å². The van der Waals surface area contributed by atoms with Gasteiger partial charge in [0.25, 0.3) is 0 Å². The molecule has 0 aromatic rings. The molecule has 0 aliphatic heterocycles. The molecule has 0 aromatic heterocycles. The molecule has 0 rings (SSSR count). The first-order chi connectivity index (χ1) is 9.62. The lowest BCUT2D eigenvalue weighted by atomic mass is 9.84. The Morgan fingerprint density at radius 1 is 0.905 bits per heavy atom. The highest BCUT2D eigenvalue weighted by atomic mass is 16.5. The molecule has 0 atom stereocenters. The molecule has 0 N–H and O–H groups in total. The van der Waals surface area contributed by atoms with Crippen LogP contribution in [0.4, 0.5) is 0 Å². The van der Waals surface area contributed by atoms with Crippen LogP contribution in [0.15, 0.2) is 11.1 Å². The summed E-state index contributed by atoms with van der Waals surface area (Å²) in [5, 5.41) is 0. The number of carbonyl (C=O) groups is 2. The van der Waals surface area contributed by atoms with Gasteiger partial charge in [-0.25, -0.2) is 9.59 Å². The fourth-order valence-electron chi connectivity index (χ4n) is 2.01. The van der Waals surface area contributed by atoms with Crippen molar-refractivity contribution in [1.29, 1.82) is 0 Å². The summed E-state index contributed by atoms with van der Waals surface area (Å²) in [4.78, 5) is 24.5. The van der Waals surface area contributed by atoms with Crippen molar-refractivity contribution in [1.82, 2.24) is 0 Å². The predicted octanol–water partition coefficient (Wildman–Crippen LogP) is 3.89. The lowest BCUT2D eigenvalue weighted by Gasteiger charge is -2.22. The molecule has 0 fully saturated rings. The van der Waals surface area contributed by atoms with Crippen LogP contribution in [-0.2, 0) is 19.1 Å². The van der Waals surface area contributed by atoms with E-state index in [4.69, 9.17) is 9.47 Å². The highest BCUT2D eigenvalue weighted by molar-refractivity contribution is 6.00. The van der Waals surface area contributed by atoms with E-state index in [0.717, 1.165) is 0 Å². The largest absolute Gasteiger partial charge is 0.463 e. The summed E-state index contributed by atoms with van der Waals surface area (Å²) in [5.74, 6) is -0.552. The number of rotatable bonds is 7. The monoisotopic (exact) mass is 298 g/mol. The Bertz CT molecular complexity index is 386. The maximum absolute atomic E-state index is 12.3. The number of esters is 2. The first kappa shape index (κ1) is 19.7. The van der Waals surface area contributed by atoms with Gasteiger partial charge < -0.3 is 9.47 Å². The van der Waals surface area contributed by atoms with Gasteiger partial charge in [0.15, 0.2) is 0 Å². The van der Waals surface area contributed by atoms with Crippen molar-refractivity contribution in [2.75, 3.05) is 13.2 Å². The Balaban J connectivity index is 5.74. The zero-order valence-corrected chi connectivity index (χ0v) is 14.5. The summed E-state index contributed by atoms with van der Waals surface area (Å²) in [6, 6.07) is 0. The Kier molecular flexibility index (Phi) is 8.30. The number of ether oxygens (including phenoxy) is 2. The summed E-state index contributed by atoms with van der Waals surface area (Å²) >= 11 is 0. The molecule has 0 saturated heterocycles.